The standard InChI is InChI=1S/C7H6N2O6/c1-15-7(14)9-4(10)2-3(5(11)12)8-6(9)13/h2H,1H3,(H,8,13)(H,11,12). The van der Waals surface area contributed by atoms with Crippen LogP contribution in [0.3, 0.4) is 0 Å². The minimum Gasteiger partial charge on any atom is -0.477 e. The summed E-state index contributed by atoms with van der Waals surface area (Å²) < 4.78 is 4.30. The van der Waals surface area contributed by atoms with Gasteiger partial charge in [-0.15, -0.1) is 0 Å². The van der Waals surface area contributed by atoms with Crippen molar-refractivity contribution in [3.05, 3.63) is 32.6 Å². The van der Waals surface area contributed by atoms with Crippen LogP contribution >= 0.6 is 0 Å². The number of carbonyl (C=O) groups is 2. The number of aromatic amines is 1. The summed E-state index contributed by atoms with van der Waals surface area (Å²) >= 11 is 0. The minimum absolute atomic E-state index is 0.145. The Morgan fingerprint density at radius 2 is 2.07 bits per heavy atom. The summed E-state index contributed by atoms with van der Waals surface area (Å²) in [6, 6.07) is 0.612. The molecule has 0 aromatic carbocycles. The zero-order chi connectivity index (χ0) is 11.6. The van der Waals surface area contributed by atoms with Gasteiger partial charge in [-0.25, -0.2) is 14.4 Å². The van der Waals surface area contributed by atoms with Crippen molar-refractivity contribution in [3.8, 4) is 0 Å². The van der Waals surface area contributed by atoms with E-state index in [9.17, 15) is 19.2 Å². The summed E-state index contributed by atoms with van der Waals surface area (Å²) in [5.74, 6) is -1.47. The van der Waals surface area contributed by atoms with Crippen molar-refractivity contribution in [1.82, 2.24) is 9.55 Å². The highest BCUT2D eigenvalue weighted by Crippen LogP contribution is 1.85. The molecule has 0 saturated carbocycles. The summed E-state index contributed by atoms with van der Waals surface area (Å²) in [6.07, 6.45) is -1.18. The lowest BCUT2D eigenvalue weighted by Gasteiger charge is -2.00. The molecule has 2 N–H and O–H groups in total. The number of nitrogens with zero attached hydrogens (tertiary/aromatic N) is 1. The van der Waals surface area contributed by atoms with Gasteiger partial charge in [-0.05, 0) is 0 Å². The number of hydrogen-bond acceptors (Lipinski definition) is 5. The van der Waals surface area contributed by atoms with Crippen LogP contribution in [0.4, 0.5) is 4.79 Å². The first-order valence-corrected chi connectivity index (χ1v) is 3.65. The predicted molar refractivity (Wildman–Crippen MR) is 46.1 cm³/mol. The molecular weight excluding hydrogens is 208 g/mol. The molecule has 0 radical (unpaired) electrons. The Balaban J connectivity index is 3.48. The van der Waals surface area contributed by atoms with E-state index in [1.165, 1.54) is 0 Å². The van der Waals surface area contributed by atoms with E-state index < -0.39 is 29.0 Å². The number of methoxy groups -OCH3 is 1. The van der Waals surface area contributed by atoms with Crippen molar-refractivity contribution in [2.75, 3.05) is 7.11 Å². The van der Waals surface area contributed by atoms with Gasteiger partial charge in [0.15, 0.2) is 0 Å². The molecular formula is C7H6N2O6. The van der Waals surface area contributed by atoms with E-state index in [0.717, 1.165) is 7.11 Å². The van der Waals surface area contributed by atoms with Crippen LogP contribution in [0, 0.1) is 0 Å². The van der Waals surface area contributed by atoms with Gasteiger partial charge in [-0.3, -0.25) is 4.79 Å². The lowest BCUT2D eigenvalue weighted by atomic mass is 10.4. The predicted octanol–water partition coefficient (Wildman–Crippen LogP) is -1.15. The molecule has 0 saturated heterocycles. The molecule has 0 atom stereocenters. The van der Waals surface area contributed by atoms with Crippen LogP contribution in [0.2, 0.25) is 0 Å². The number of nitrogens with one attached hydrogen (secondary N) is 1. The smallest absolute Gasteiger partial charge is 0.425 e. The van der Waals surface area contributed by atoms with Gasteiger partial charge < -0.3 is 14.8 Å². The molecule has 0 aliphatic rings. The SMILES string of the molecule is COC(=O)n1c(=O)cc(C(=O)O)[nH]c1=O. The molecule has 8 heteroatoms. The Kier molecular flexibility index (Phi) is 2.70. The average Bonchev–Trinajstić information content (AvgIpc) is 2.16. The molecule has 0 amide bonds. The Labute approximate surface area is 81.7 Å². The lowest BCUT2D eigenvalue weighted by Crippen LogP contribution is -2.40. The molecule has 0 unspecified atom stereocenters. The van der Waals surface area contributed by atoms with Crippen LogP contribution < -0.4 is 11.2 Å². The van der Waals surface area contributed by atoms with Gasteiger partial charge in [0.2, 0.25) is 0 Å². The lowest BCUT2D eigenvalue weighted by molar-refractivity contribution is 0.0689. The molecule has 8 nitrogen and oxygen atoms in total. The second-order valence-corrected chi connectivity index (χ2v) is 2.44. The summed E-state index contributed by atoms with van der Waals surface area (Å²) in [7, 11) is 0.985. The molecule has 0 bridgehead atoms. The van der Waals surface area contributed by atoms with E-state index in [1.54, 1.807) is 0 Å². The summed E-state index contributed by atoms with van der Waals surface area (Å²) in [5, 5.41) is 8.49. The number of carbonyl (C=O) groups excluding carboxylic acids is 1. The molecule has 1 heterocycles. The number of carboxylic acid groups (broad SMARTS) is 1. The van der Waals surface area contributed by atoms with Crippen LogP contribution in [0.25, 0.3) is 0 Å². The molecule has 1 rings (SSSR count). The van der Waals surface area contributed by atoms with E-state index in [4.69, 9.17) is 5.11 Å². The highest BCUT2D eigenvalue weighted by Gasteiger charge is 2.14. The molecule has 15 heavy (non-hydrogen) atoms. The molecule has 0 aliphatic heterocycles. The van der Waals surface area contributed by atoms with Crippen molar-refractivity contribution >= 4 is 12.1 Å². The maximum atomic E-state index is 11.1. The van der Waals surface area contributed by atoms with Crippen LogP contribution in [-0.2, 0) is 4.74 Å². The largest absolute Gasteiger partial charge is 0.477 e. The van der Waals surface area contributed by atoms with Crippen molar-refractivity contribution in [2.24, 2.45) is 0 Å². The first-order chi connectivity index (χ1) is 6.97. The molecule has 80 valence electrons. The fourth-order valence-electron chi connectivity index (χ4n) is 0.875. The third kappa shape index (κ3) is 1.93. The fraction of sp³-hybridized carbons (Fsp3) is 0.143. The van der Waals surface area contributed by atoms with Gasteiger partial charge in [0.25, 0.3) is 5.56 Å². The van der Waals surface area contributed by atoms with Crippen molar-refractivity contribution in [2.45, 2.75) is 0 Å². The van der Waals surface area contributed by atoms with Gasteiger partial charge in [0.05, 0.1) is 7.11 Å². The van der Waals surface area contributed by atoms with Gasteiger partial charge in [0, 0.05) is 6.07 Å². The van der Waals surface area contributed by atoms with E-state index in [-0.39, 0.29) is 4.57 Å². The Bertz CT molecular complexity index is 494. The van der Waals surface area contributed by atoms with Crippen LogP contribution in [-0.4, -0.2) is 33.8 Å². The number of aromatic carboxylic acids is 1. The van der Waals surface area contributed by atoms with Gasteiger partial charge in [0.1, 0.15) is 5.69 Å². The first kappa shape index (κ1) is 10.7. The maximum Gasteiger partial charge on any atom is 0.425 e. The zero-order valence-corrected chi connectivity index (χ0v) is 7.51. The third-order valence-electron chi connectivity index (χ3n) is 1.52. The van der Waals surface area contributed by atoms with Gasteiger partial charge in [-0.2, -0.15) is 4.57 Å². The van der Waals surface area contributed by atoms with E-state index in [1.807, 2.05) is 4.98 Å². The quantitative estimate of drug-likeness (QED) is 0.609. The molecule has 0 fully saturated rings. The Morgan fingerprint density at radius 1 is 1.47 bits per heavy atom. The Morgan fingerprint density at radius 3 is 2.47 bits per heavy atom. The Hall–Kier alpha value is -2.38. The second kappa shape index (κ2) is 3.78. The summed E-state index contributed by atoms with van der Waals surface area (Å²) in [4.78, 5) is 45.4. The molecule has 1 aromatic heterocycles. The highest BCUT2D eigenvalue weighted by atomic mass is 16.5. The van der Waals surface area contributed by atoms with Crippen molar-refractivity contribution in [3.63, 3.8) is 0 Å². The van der Waals surface area contributed by atoms with Crippen LogP contribution in [0.5, 0.6) is 0 Å². The van der Waals surface area contributed by atoms with Crippen molar-refractivity contribution < 1.29 is 19.4 Å². The van der Waals surface area contributed by atoms with Crippen LogP contribution in [0.15, 0.2) is 15.7 Å². The summed E-state index contributed by atoms with van der Waals surface area (Å²) in [6.45, 7) is 0. The number of hydrogen-bond donors (Lipinski definition) is 2. The maximum absolute atomic E-state index is 11.1. The number of H-pyrrole nitrogens is 1. The van der Waals surface area contributed by atoms with E-state index >= 15 is 0 Å². The van der Waals surface area contributed by atoms with E-state index in [2.05, 4.69) is 4.74 Å². The second-order valence-electron chi connectivity index (χ2n) is 2.44. The highest BCUT2D eigenvalue weighted by molar-refractivity contribution is 5.85. The molecule has 1 aromatic rings. The number of carboxylic acids is 1. The minimum atomic E-state index is -1.47. The zero-order valence-electron chi connectivity index (χ0n) is 7.51. The number of rotatable bonds is 1. The van der Waals surface area contributed by atoms with Gasteiger partial charge >= 0.3 is 17.8 Å². The molecule has 0 aliphatic carbocycles. The third-order valence-corrected chi connectivity index (χ3v) is 1.52. The van der Waals surface area contributed by atoms with E-state index in [0.29, 0.717) is 6.07 Å². The van der Waals surface area contributed by atoms with Gasteiger partial charge in [-0.1, -0.05) is 0 Å². The average molecular weight is 214 g/mol. The first-order valence-electron chi connectivity index (χ1n) is 3.65. The monoisotopic (exact) mass is 214 g/mol. The van der Waals surface area contributed by atoms with Crippen LogP contribution in [0.1, 0.15) is 10.5 Å². The summed E-state index contributed by atoms with van der Waals surface area (Å²) in [5.41, 5.74) is -2.82. The normalized spacial score (nSPS) is 9.67. The number of aromatic nitrogens is 2. The van der Waals surface area contributed by atoms with Crippen molar-refractivity contribution in [1.29, 1.82) is 0 Å². The topological polar surface area (TPSA) is 118 Å². The fourth-order valence-corrected chi connectivity index (χ4v) is 0.875. The molecule has 0 spiro atoms. The number of ether oxygens (including phenoxy) is 1.